The largest absolute Gasteiger partial charge is 0.398 e. The van der Waals surface area contributed by atoms with Crippen molar-refractivity contribution in [2.24, 2.45) is 0 Å². The smallest absolute Gasteiger partial charge is 0.0662 e. The third-order valence-corrected chi connectivity index (χ3v) is 4.58. The molecule has 0 aliphatic heterocycles. The normalized spacial score (nSPS) is 17.2. The lowest BCUT2D eigenvalue weighted by Gasteiger charge is -2.10. The number of nitrogens with zero attached hydrogens (tertiary/aromatic N) is 1. The average molecular weight is 233 g/mol. The van der Waals surface area contributed by atoms with E-state index in [1.165, 1.54) is 30.6 Å². The van der Waals surface area contributed by atoms with Gasteiger partial charge in [0.15, 0.2) is 0 Å². The molecule has 4 heteroatoms. The second kappa shape index (κ2) is 4.01. The first kappa shape index (κ1) is 10.0. The first-order valence-electron chi connectivity index (χ1n) is 5.72. The number of benzene rings is 1. The van der Waals surface area contributed by atoms with E-state index in [4.69, 9.17) is 5.73 Å². The summed E-state index contributed by atoms with van der Waals surface area (Å²) in [5.41, 5.74) is 8.02. The molecule has 1 aromatic heterocycles. The summed E-state index contributed by atoms with van der Waals surface area (Å²) < 4.78 is 0. The van der Waals surface area contributed by atoms with E-state index in [0.717, 1.165) is 21.8 Å². The molecule has 84 valence electrons. The number of hydrogen-bond donors (Lipinski definition) is 2. The van der Waals surface area contributed by atoms with E-state index in [1.807, 2.05) is 24.0 Å². The molecule has 2 aromatic rings. The summed E-state index contributed by atoms with van der Waals surface area (Å²) in [6.45, 7) is 0. The summed E-state index contributed by atoms with van der Waals surface area (Å²) in [5, 5.41) is 8.86. The maximum atomic E-state index is 6.06. The second-order valence-electron chi connectivity index (χ2n) is 4.37. The zero-order valence-corrected chi connectivity index (χ0v) is 9.89. The zero-order valence-electron chi connectivity index (χ0n) is 9.07. The topological polar surface area (TPSA) is 54.7 Å². The number of H-pyrrole nitrogens is 1. The van der Waals surface area contributed by atoms with Gasteiger partial charge in [0.05, 0.1) is 11.7 Å². The molecule has 0 atom stereocenters. The number of nitrogens with two attached hydrogens (primary N) is 1. The molecule has 3 rings (SSSR count). The van der Waals surface area contributed by atoms with Crippen LogP contribution in [-0.4, -0.2) is 15.4 Å². The van der Waals surface area contributed by atoms with Gasteiger partial charge in [-0.1, -0.05) is 12.8 Å². The summed E-state index contributed by atoms with van der Waals surface area (Å²) in [7, 11) is 0. The number of nitrogen functional groups attached to an aromatic ring is 1. The van der Waals surface area contributed by atoms with Gasteiger partial charge in [-0.3, -0.25) is 5.10 Å². The average Bonchev–Trinajstić information content (AvgIpc) is 2.89. The molecule has 3 N–H and O–H groups in total. The van der Waals surface area contributed by atoms with Crippen molar-refractivity contribution < 1.29 is 0 Å². The number of hydrogen-bond acceptors (Lipinski definition) is 3. The van der Waals surface area contributed by atoms with Crippen molar-refractivity contribution in [3.63, 3.8) is 0 Å². The van der Waals surface area contributed by atoms with Crippen LogP contribution in [0.25, 0.3) is 10.9 Å². The zero-order chi connectivity index (χ0) is 11.0. The van der Waals surface area contributed by atoms with Gasteiger partial charge in [0.2, 0.25) is 0 Å². The molecule has 0 bridgehead atoms. The van der Waals surface area contributed by atoms with Gasteiger partial charge in [0.25, 0.3) is 0 Å². The Bertz CT molecular complexity index is 500. The minimum Gasteiger partial charge on any atom is -0.398 e. The Morgan fingerprint density at radius 3 is 2.94 bits per heavy atom. The van der Waals surface area contributed by atoms with Crippen LogP contribution in [0.15, 0.2) is 23.2 Å². The molecule has 1 saturated carbocycles. The van der Waals surface area contributed by atoms with E-state index < -0.39 is 0 Å². The SMILES string of the molecule is Nc1cc2cn[nH]c2cc1SC1CCCC1. The highest BCUT2D eigenvalue weighted by Crippen LogP contribution is 2.38. The molecule has 3 nitrogen and oxygen atoms in total. The number of aromatic amines is 1. The molecule has 0 amide bonds. The van der Waals surface area contributed by atoms with Crippen LogP contribution >= 0.6 is 11.8 Å². The Hall–Kier alpha value is -1.16. The Labute approximate surface area is 98.8 Å². The van der Waals surface area contributed by atoms with E-state index in [0.29, 0.717) is 0 Å². The number of thioether (sulfide) groups is 1. The summed E-state index contributed by atoms with van der Waals surface area (Å²) in [6.07, 6.45) is 7.19. The molecule has 1 aromatic carbocycles. The van der Waals surface area contributed by atoms with Crippen LogP contribution < -0.4 is 5.73 Å². The second-order valence-corrected chi connectivity index (χ2v) is 5.71. The molecule has 1 aliphatic carbocycles. The van der Waals surface area contributed by atoms with Crippen LogP contribution in [0.2, 0.25) is 0 Å². The maximum absolute atomic E-state index is 6.06. The number of anilines is 1. The monoisotopic (exact) mass is 233 g/mol. The van der Waals surface area contributed by atoms with Crippen molar-refractivity contribution in [1.82, 2.24) is 10.2 Å². The number of aromatic nitrogens is 2. The van der Waals surface area contributed by atoms with Crippen LogP contribution in [0.4, 0.5) is 5.69 Å². The highest BCUT2D eigenvalue weighted by atomic mass is 32.2. The minimum absolute atomic E-state index is 0.752. The molecular formula is C12H15N3S. The standard InChI is InChI=1S/C12H15N3S/c13-10-5-8-7-14-15-11(8)6-12(10)16-9-3-1-2-4-9/h5-7,9H,1-4,13H2,(H,14,15). The van der Waals surface area contributed by atoms with Gasteiger partial charge in [-0.15, -0.1) is 11.8 Å². The van der Waals surface area contributed by atoms with Gasteiger partial charge >= 0.3 is 0 Å². The molecule has 0 spiro atoms. The lowest BCUT2D eigenvalue weighted by molar-refractivity contribution is 0.886. The van der Waals surface area contributed by atoms with E-state index >= 15 is 0 Å². The fourth-order valence-corrected chi connectivity index (χ4v) is 3.59. The van der Waals surface area contributed by atoms with Crippen molar-refractivity contribution >= 4 is 28.4 Å². The fourth-order valence-electron chi connectivity index (χ4n) is 2.28. The lowest BCUT2D eigenvalue weighted by atomic mass is 10.2. The minimum atomic E-state index is 0.752. The Kier molecular flexibility index (Phi) is 2.52. The highest BCUT2D eigenvalue weighted by molar-refractivity contribution is 8.00. The first-order chi connectivity index (χ1) is 7.83. The van der Waals surface area contributed by atoms with Crippen molar-refractivity contribution in [3.05, 3.63) is 18.3 Å². The molecule has 0 radical (unpaired) electrons. The Balaban J connectivity index is 1.92. The van der Waals surface area contributed by atoms with Crippen molar-refractivity contribution in [1.29, 1.82) is 0 Å². The number of rotatable bonds is 2. The highest BCUT2D eigenvalue weighted by Gasteiger charge is 2.17. The lowest BCUT2D eigenvalue weighted by Crippen LogP contribution is -1.96. The predicted octanol–water partition coefficient (Wildman–Crippen LogP) is 3.18. The Morgan fingerprint density at radius 2 is 2.12 bits per heavy atom. The molecule has 16 heavy (non-hydrogen) atoms. The van der Waals surface area contributed by atoms with Gasteiger partial charge in [0, 0.05) is 21.2 Å². The number of fused-ring (bicyclic) bond motifs is 1. The van der Waals surface area contributed by atoms with E-state index in [9.17, 15) is 0 Å². The number of nitrogens with one attached hydrogen (secondary N) is 1. The van der Waals surface area contributed by atoms with Gasteiger partial charge in [-0.2, -0.15) is 5.10 Å². The van der Waals surface area contributed by atoms with Crippen molar-refractivity contribution in [2.75, 3.05) is 5.73 Å². The van der Waals surface area contributed by atoms with Crippen LogP contribution in [-0.2, 0) is 0 Å². The molecule has 1 fully saturated rings. The van der Waals surface area contributed by atoms with Crippen LogP contribution in [0.3, 0.4) is 0 Å². The van der Waals surface area contributed by atoms with Crippen molar-refractivity contribution in [3.8, 4) is 0 Å². The predicted molar refractivity (Wildman–Crippen MR) is 68.6 cm³/mol. The molecule has 0 unspecified atom stereocenters. The van der Waals surface area contributed by atoms with Crippen LogP contribution in [0.5, 0.6) is 0 Å². The third kappa shape index (κ3) is 1.78. The summed E-state index contributed by atoms with van der Waals surface area (Å²) in [5.74, 6) is 0. The molecule has 0 saturated heterocycles. The summed E-state index contributed by atoms with van der Waals surface area (Å²) in [4.78, 5) is 1.20. The summed E-state index contributed by atoms with van der Waals surface area (Å²) in [6, 6.07) is 4.14. The van der Waals surface area contributed by atoms with Gasteiger partial charge in [-0.05, 0) is 25.0 Å². The van der Waals surface area contributed by atoms with E-state index in [2.05, 4.69) is 16.3 Å². The summed E-state index contributed by atoms with van der Waals surface area (Å²) >= 11 is 1.92. The molecular weight excluding hydrogens is 218 g/mol. The quantitative estimate of drug-likeness (QED) is 0.783. The van der Waals surface area contributed by atoms with Gasteiger partial charge in [0.1, 0.15) is 0 Å². The first-order valence-corrected chi connectivity index (χ1v) is 6.60. The maximum Gasteiger partial charge on any atom is 0.0662 e. The van der Waals surface area contributed by atoms with Gasteiger partial charge in [-0.25, -0.2) is 0 Å². The molecule has 1 heterocycles. The van der Waals surface area contributed by atoms with E-state index in [1.54, 1.807) is 0 Å². The third-order valence-electron chi connectivity index (χ3n) is 3.17. The van der Waals surface area contributed by atoms with Crippen LogP contribution in [0, 0.1) is 0 Å². The fraction of sp³-hybridized carbons (Fsp3) is 0.417. The molecule has 1 aliphatic rings. The van der Waals surface area contributed by atoms with E-state index in [-0.39, 0.29) is 0 Å². The van der Waals surface area contributed by atoms with Crippen LogP contribution in [0.1, 0.15) is 25.7 Å². The Morgan fingerprint density at radius 1 is 1.31 bits per heavy atom. The van der Waals surface area contributed by atoms with Gasteiger partial charge < -0.3 is 5.73 Å². The van der Waals surface area contributed by atoms with Crippen molar-refractivity contribution in [2.45, 2.75) is 35.8 Å².